The Kier molecular flexibility index (Phi) is 1.09. The maximum atomic E-state index is 5.52. The van der Waals surface area contributed by atoms with Crippen molar-refractivity contribution in [1.29, 1.82) is 0 Å². The minimum atomic E-state index is 0.392. The van der Waals surface area contributed by atoms with Gasteiger partial charge in [0.1, 0.15) is 0 Å². The van der Waals surface area contributed by atoms with Crippen molar-refractivity contribution in [2.24, 2.45) is 0 Å². The minimum Gasteiger partial charge on any atom is -0.380 e. The Labute approximate surface area is 63.0 Å². The fourth-order valence-electron chi connectivity index (χ4n) is 1.01. The zero-order chi connectivity index (χ0) is 7.84. The van der Waals surface area contributed by atoms with E-state index in [0.717, 1.165) is 11.1 Å². The quantitative estimate of drug-likeness (QED) is 0.609. The second-order valence-corrected chi connectivity index (χ2v) is 2.34. The van der Waals surface area contributed by atoms with Crippen LogP contribution in [0.5, 0.6) is 0 Å². The molecule has 0 radical (unpaired) electrons. The van der Waals surface area contributed by atoms with Crippen LogP contribution in [-0.2, 0) is 0 Å². The average Bonchev–Trinajstić information content (AvgIpc) is 2.35. The fourth-order valence-corrected chi connectivity index (χ4v) is 1.01. The van der Waals surface area contributed by atoms with E-state index in [-0.39, 0.29) is 0 Å². The molecule has 0 saturated carbocycles. The molecule has 0 amide bonds. The first-order valence-corrected chi connectivity index (χ1v) is 3.25. The van der Waals surface area contributed by atoms with Crippen molar-refractivity contribution in [1.82, 2.24) is 10.1 Å². The smallest absolute Gasteiger partial charge is 0.209 e. The van der Waals surface area contributed by atoms with Gasteiger partial charge in [0.25, 0.3) is 0 Å². The van der Waals surface area contributed by atoms with Crippen LogP contribution in [0, 0.1) is 6.92 Å². The molecule has 0 aliphatic carbocycles. The van der Waals surface area contributed by atoms with Crippen LogP contribution in [0.1, 0.15) is 5.69 Å². The van der Waals surface area contributed by atoms with E-state index in [1.807, 2.05) is 13.0 Å². The normalized spacial score (nSPS) is 10.6. The van der Waals surface area contributed by atoms with Gasteiger partial charge in [0.2, 0.25) is 5.58 Å². The van der Waals surface area contributed by atoms with E-state index in [2.05, 4.69) is 10.1 Å². The number of hydrogen-bond donors (Lipinski definition) is 1. The lowest BCUT2D eigenvalue weighted by Crippen LogP contribution is -1.88. The van der Waals surface area contributed by atoms with Crippen molar-refractivity contribution in [3.05, 3.63) is 18.0 Å². The lowest BCUT2D eigenvalue weighted by Gasteiger charge is -1.89. The maximum absolute atomic E-state index is 5.52. The van der Waals surface area contributed by atoms with Crippen molar-refractivity contribution in [3.63, 3.8) is 0 Å². The van der Waals surface area contributed by atoms with E-state index in [4.69, 9.17) is 10.3 Å². The number of rotatable bonds is 0. The molecular formula is C7H7N3O. The van der Waals surface area contributed by atoms with Gasteiger partial charge in [-0.2, -0.15) is 0 Å². The molecule has 4 nitrogen and oxygen atoms in total. The molecule has 0 unspecified atom stereocenters. The molecule has 0 aliphatic rings. The molecule has 0 saturated heterocycles. The van der Waals surface area contributed by atoms with Crippen LogP contribution in [0.4, 0.5) is 5.82 Å². The molecule has 4 heteroatoms. The third-order valence-corrected chi connectivity index (χ3v) is 1.60. The van der Waals surface area contributed by atoms with Gasteiger partial charge in [-0.3, -0.25) is 0 Å². The van der Waals surface area contributed by atoms with Crippen LogP contribution in [0.25, 0.3) is 11.0 Å². The van der Waals surface area contributed by atoms with E-state index in [9.17, 15) is 0 Å². The summed E-state index contributed by atoms with van der Waals surface area (Å²) < 4.78 is 4.94. The standard InChI is InChI=1S/C7H7N3O/c1-4-5-2-3-9-7(8)6(5)11-10-4/h2-3H,1H3,(H2,8,9). The van der Waals surface area contributed by atoms with E-state index in [1.54, 1.807) is 6.20 Å². The van der Waals surface area contributed by atoms with Crippen molar-refractivity contribution < 1.29 is 4.52 Å². The Balaban J connectivity index is 2.94. The number of anilines is 1. The van der Waals surface area contributed by atoms with E-state index < -0.39 is 0 Å². The number of nitrogens with two attached hydrogens (primary N) is 1. The van der Waals surface area contributed by atoms with Gasteiger partial charge >= 0.3 is 0 Å². The van der Waals surface area contributed by atoms with E-state index in [0.29, 0.717) is 11.4 Å². The summed E-state index contributed by atoms with van der Waals surface area (Å²) in [6, 6.07) is 1.83. The number of aromatic nitrogens is 2. The average molecular weight is 149 g/mol. The van der Waals surface area contributed by atoms with Gasteiger partial charge in [-0.25, -0.2) is 4.98 Å². The third kappa shape index (κ3) is 0.756. The van der Waals surface area contributed by atoms with Crippen LogP contribution in [0.15, 0.2) is 16.8 Å². The zero-order valence-corrected chi connectivity index (χ0v) is 6.03. The van der Waals surface area contributed by atoms with Crippen LogP contribution in [-0.4, -0.2) is 10.1 Å². The molecule has 56 valence electrons. The highest BCUT2D eigenvalue weighted by Crippen LogP contribution is 2.20. The van der Waals surface area contributed by atoms with Crippen molar-refractivity contribution in [2.75, 3.05) is 5.73 Å². The lowest BCUT2D eigenvalue weighted by molar-refractivity contribution is 0.450. The Morgan fingerprint density at radius 3 is 3.09 bits per heavy atom. The molecule has 0 aromatic carbocycles. The molecular weight excluding hydrogens is 142 g/mol. The molecule has 0 fully saturated rings. The predicted octanol–water partition coefficient (Wildman–Crippen LogP) is 1.11. The predicted molar refractivity (Wildman–Crippen MR) is 41.0 cm³/mol. The van der Waals surface area contributed by atoms with Gasteiger partial charge < -0.3 is 10.3 Å². The molecule has 2 rings (SSSR count). The Morgan fingerprint density at radius 2 is 2.36 bits per heavy atom. The second-order valence-electron chi connectivity index (χ2n) is 2.34. The topological polar surface area (TPSA) is 64.9 Å². The molecule has 0 spiro atoms. The van der Waals surface area contributed by atoms with Gasteiger partial charge in [0, 0.05) is 11.6 Å². The summed E-state index contributed by atoms with van der Waals surface area (Å²) in [6.45, 7) is 1.87. The van der Waals surface area contributed by atoms with E-state index in [1.165, 1.54) is 0 Å². The molecule has 2 aromatic heterocycles. The molecule has 0 atom stereocenters. The number of fused-ring (bicyclic) bond motifs is 1. The molecule has 2 N–H and O–H groups in total. The van der Waals surface area contributed by atoms with Crippen molar-refractivity contribution in [2.45, 2.75) is 6.92 Å². The highest BCUT2D eigenvalue weighted by Gasteiger charge is 2.05. The SMILES string of the molecule is Cc1noc2c(N)nccc12. The monoisotopic (exact) mass is 149 g/mol. The third-order valence-electron chi connectivity index (χ3n) is 1.60. The van der Waals surface area contributed by atoms with Gasteiger partial charge in [0.15, 0.2) is 5.82 Å². The van der Waals surface area contributed by atoms with Crippen molar-refractivity contribution in [3.8, 4) is 0 Å². The summed E-state index contributed by atoms with van der Waals surface area (Å²) >= 11 is 0. The number of pyridine rings is 1. The zero-order valence-electron chi connectivity index (χ0n) is 6.03. The summed E-state index contributed by atoms with van der Waals surface area (Å²) in [6.07, 6.45) is 1.64. The van der Waals surface area contributed by atoms with Gasteiger partial charge in [-0.05, 0) is 13.0 Å². The molecule has 0 bridgehead atoms. The number of hydrogen-bond acceptors (Lipinski definition) is 4. The lowest BCUT2D eigenvalue weighted by atomic mass is 10.2. The van der Waals surface area contributed by atoms with Crippen LogP contribution < -0.4 is 5.73 Å². The number of nitrogen functional groups attached to an aromatic ring is 1. The van der Waals surface area contributed by atoms with Gasteiger partial charge in [-0.15, -0.1) is 0 Å². The highest BCUT2D eigenvalue weighted by molar-refractivity contribution is 5.86. The molecule has 11 heavy (non-hydrogen) atoms. The van der Waals surface area contributed by atoms with Crippen LogP contribution >= 0.6 is 0 Å². The van der Waals surface area contributed by atoms with Crippen molar-refractivity contribution >= 4 is 16.8 Å². The summed E-state index contributed by atoms with van der Waals surface area (Å²) in [5.74, 6) is 0.392. The van der Waals surface area contributed by atoms with Crippen LogP contribution in [0.3, 0.4) is 0 Å². The molecule has 0 aliphatic heterocycles. The Hall–Kier alpha value is -1.58. The summed E-state index contributed by atoms with van der Waals surface area (Å²) in [4.78, 5) is 3.86. The summed E-state index contributed by atoms with van der Waals surface area (Å²) in [5.41, 5.74) is 6.94. The maximum Gasteiger partial charge on any atom is 0.209 e. The highest BCUT2D eigenvalue weighted by atomic mass is 16.5. The van der Waals surface area contributed by atoms with Crippen LogP contribution in [0.2, 0.25) is 0 Å². The minimum absolute atomic E-state index is 0.392. The second kappa shape index (κ2) is 1.95. The number of nitrogens with zero attached hydrogens (tertiary/aromatic N) is 2. The Bertz CT molecular complexity index is 393. The fraction of sp³-hybridized carbons (Fsp3) is 0.143. The first-order chi connectivity index (χ1) is 5.29. The molecule has 2 heterocycles. The first-order valence-electron chi connectivity index (χ1n) is 3.25. The number of aryl methyl sites for hydroxylation is 1. The summed E-state index contributed by atoms with van der Waals surface area (Å²) in [5, 5.41) is 4.69. The summed E-state index contributed by atoms with van der Waals surface area (Å²) in [7, 11) is 0. The van der Waals surface area contributed by atoms with Gasteiger partial charge in [0.05, 0.1) is 5.69 Å². The van der Waals surface area contributed by atoms with E-state index >= 15 is 0 Å². The molecule has 2 aromatic rings. The first kappa shape index (κ1) is 6.15. The Morgan fingerprint density at radius 1 is 1.55 bits per heavy atom. The van der Waals surface area contributed by atoms with Gasteiger partial charge in [-0.1, -0.05) is 5.16 Å². The largest absolute Gasteiger partial charge is 0.380 e.